The number of benzene rings is 2. The third kappa shape index (κ3) is 9.91. The van der Waals surface area contributed by atoms with Crippen LogP contribution in [0.5, 0.6) is 5.75 Å². The molecular formula is C35H47N3O4. The zero-order valence-corrected chi connectivity index (χ0v) is 25.8. The zero-order chi connectivity index (χ0) is 30.5. The van der Waals surface area contributed by atoms with Crippen LogP contribution in [0, 0.1) is 0 Å². The zero-order valence-electron chi connectivity index (χ0n) is 25.8. The van der Waals surface area contributed by atoms with E-state index in [-0.39, 0.29) is 18.6 Å². The number of nitrogens with one attached hydrogen (secondary N) is 1. The lowest BCUT2D eigenvalue weighted by Gasteiger charge is -2.15. The third-order valence-electron chi connectivity index (χ3n) is 7.27. The number of amides is 1. The summed E-state index contributed by atoms with van der Waals surface area (Å²) >= 11 is 0. The van der Waals surface area contributed by atoms with Gasteiger partial charge >= 0.3 is 6.09 Å². The van der Waals surface area contributed by atoms with E-state index in [4.69, 9.17) is 14.6 Å². The average molecular weight is 574 g/mol. The molecule has 42 heavy (non-hydrogen) atoms. The van der Waals surface area contributed by atoms with Gasteiger partial charge < -0.3 is 19.9 Å². The third-order valence-corrected chi connectivity index (χ3v) is 7.27. The second-order valence-electron chi connectivity index (χ2n) is 11.0. The lowest BCUT2D eigenvalue weighted by molar-refractivity contribution is 0.137. The van der Waals surface area contributed by atoms with E-state index in [2.05, 4.69) is 31.8 Å². The molecule has 2 N–H and O–H groups in total. The Morgan fingerprint density at radius 3 is 2.62 bits per heavy atom. The van der Waals surface area contributed by atoms with Gasteiger partial charge in [0.1, 0.15) is 12.4 Å². The first-order chi connectivity index (χ1) is 20.2. The van der Waals surface area contributed by atoms with E-state index in [1.165, 1.54) is 0 Å². The summed E-state index contributed by atoms with van der Waals surface area (Å²) in [5.41, 5.74) is 4.78. The number of alkyl carbamates (subject to hydrolysis) is 1. The quantitative estimate of drug-likeness (QED) is 0.133. The Morgan fingerprint density at radius 2 is 1.90 bits per heavy atom. The highest BCUT2D eigenvalue weighted by Gasteiger charge is 2.18. The van der Waals surface area contributed by atoms with Crippen molar-refractivity contribution in [1.29, 1.82) is 0 Å². The first-order valence-corrected chi connectivity index (χ1v) is 15.0. The van der Waals surface area contributed by atoms with Gasteiger partial charge in [-0.3, -0.25) is 0 Å². The van der Waals surface area contributed by atoms with Gasteiger partial charge in [0.05, 0.1) is 23.4 Å². The minimum atomic E-state index is -0.478. The molecule has 0 saturated carbocycles. The van der Waals surface area contributed by atoms with Crippen LogP contribution in [0.1, 0.15) is 83.9 Å². The monoisotopic (exact) mass is 573 g/mol. The molecule has 3 atom stereocenters. The molecule has 1 aromatic heterocycles. The standard InChI is InChI=1S/C35H47N3O4/c1-7-8-10-16-27(4)38-33-20-19-31(23-32(33)34(37-38)26(3)15-13-14-25(2)29(6)39)42-28(5)21-22-36-35(40)41-24-30-17-11-9-12-18-30/h9,11-15,17-20,23,26,28-29,39H,4,7-8,10,16,21-22,24H2,1-3,5-6H3,(H,36,40)/b15-13-,25-14+. The number of allylic oxidation sites excluding steroid dienone is 4. The number of fused-ring (bicyclic) bond motifs is 1. The molecule has 7 heteroatoms. The maximum Gasteiger partial charge on any atom is 0.407 e. The van der Waals surface area contributed by atoms with E-state index in [0.29, 0.717) is 13.0 Å². The topological polar surface area (TPSA) is 85.6 Å². The molecule has 1 heterocycles. The fraction of sp³-hybridized carbons (Fsp3) is 0.429. The number of hydrogen-bond acceptors (Lipinski definition) is 5. The number of aliphatic hydroxyl groups is 1. The number of rotatable bonds is 16. The average Bonchev–Trinajstić information content (AvgIpc) is 3.35. The number of aromatic nitrogens is 2. The van der Waals surface area contributed by atoms with E-state index in [0.717, 1.165) is 64.9 Å². The molecule has 3 rings (SSSR count). The van der Waals surface area contributed by atoms with Crippen LogP contribution in [-0.2, 0) is 11.3 Å². The molecule has 0 aliphatic heterocycles. The van der Waals surface area contributed by atoms with E-state index in [9.17, 15) is 9.90 Å². The van der Waals surface area contributed by atoms with Crippen molar-refractivity contribution in [2.75, 3.05) is 6.54 Å². The minimum absolute atomic E-state index is 0.0361. The Bertz CT molecular complexity index is 1360. The van der Waals surface area contributed by atoms with Crippen molar-refractivity contribution in [3.8, 4) is 5.75 Å². The fourth-order valence-corrected chi connectivity index (χ4v) is 4.50. The number of unbranched alkanes of at least 4 members (excludes halogenated alkanes) is 2. The number of nitrogens with zero attached hydrogens (tertiary/aromatic N) is 2. The molecule has 3 unspecified atom stereocenters. The van der Waals surface area contributed by atoms with Gasteiger partial charge in [0.25, 0.3) is 0 Å². The van der Waals surface area contributed by atoms with E-state index >= 15 is 0 Å². The maximum atomic E-state index is 12.1. The Hall–Kier alpha value is -3.84. The van der Waals surface area contributed by atoms with E-state index < -0.39 is 12.2 Å². The molecule has 226 valence electrons. The van der Waals surface area contributed by atoms with Crippen LogP contribution in [0.2, 0.25) is 0 Å². The maximum absolute atomic E-state index is 12.1. The van der Waals surface area contributed by atoms with Gasteiger partial charge in [0.15, 0.2) is 0 Å². The number of hydrogen-bond donors (Lipinski definition) is 2. The molecule has 0 bridgehead atoms. The van der Waals surface area contributed by atoms with Crippen LogP contribution in [0.25, 0.3) is 16.6 Å². The van der Waals surface area contributed by atoms with Gasteiger partial charge in [0, 0.05) is 30.0 Å². The lowest BCUT2D eigenvalue weighted by Crippen LogP contribution is -2.28. The Morgan fingerprint density at radius 1 is 1.14 bits per heavy atom. The van der Waals surface area contributed by atoms with Crippen LogP contribution in [-0.4, -0.2) is 39.7 Å². The predicted octanol–water partition coefficient (Wildman–Crippen LogP) is 8.16. The molecule has 7 nitrogen and oxygen atoms in total. The summed E-state index contributed by atoms with van der Waals surface area (Å²) in [7, 11) is 0. The second-order valence-corrected chi connectivity index (χ2v) is 11.0. The first-order valence-electron chi connectivity index (χ1n) is 15.0. The summed E-state index contributed by atoms with van der Waals surface area (Å²) in [4.78, 5) is 12.1. The number of carbonyl (C=O) groups is 1. The molecule has 1 amide bonds. The molecule has 0 fully saturated rings. The van der Waals surface area contributed by atoms with Crippen LogP contribution < -0.4 is 10.1 Å². The lowest BCUT2D eigenvalue weighted by atomic mass is 10.0. The second kappa shape index (κ2) is 16.6. The SMILES string of the molecule is C=C(CCCCC)n1nc(C(C)/C=C\C=C(/C)C(C)O)c2cc(OC(C)CCNC(=O)OCc3ccccc3)ccc21. The summed E-state index contributed by atoms with van der Waals surface area (Å²) in [6, 6.07) is 15.7. The van der Waals surface area contributed by atoms with Crippen molar-refractivity contribution < 1.29 is 19.4 Å². The molecule has 3 aromatic rings. The van der Waals surface area contributed by atoms with E-state index in [1.807, 2.05) is 79.2 Å². The smallest absolute Gasteiger partial charge is 0.407 e. The molecular weight excluding hydrogens is 526 g/mol. The highest BCUT2D eigenvalue weighted by atomic mass is 16.5. The van der Waals surface area contributed by atoms with Gasteiger partial charge in [-0.25, -0.2) is 9.48 Å². The normalized spacial score (nSPS) is 14.1. The molecule has 2 aromatic carbocycles. The largest absolute Gasteiger partial charge is 0.491 e. The molecule has 0 spiro atoms. The summed E-state index contributed by atoms with van der Waals surface area (Å²) in [5.74, 6) is 0.786. The summed E-state index contributed by atoms with van der Waals surface area (Å²) in [5, 5.41) is 18.6. The van der Waals surface area contributed by atoms with Crippen molar-refractivity contribution in [3.63, 3.8) is 0 Å². The Labute approximate surface area is 250 Å². The molecule has 0 aliphatic rings. The van der Waals surface area contributed by atoms with E-state index in [1.54, 1.807) is 6.92 Å². The van der Waals surface area contributed by atoms with Crippen molar-refractivity contribution in [2.45, 2.75) is 91.5 Å². The van der Waals surface area contributed by atoms with Crippen molar-refractivity contribution >= 4 is 22.7 Å². The molecule has 0 saturated heterocycles. The van der Waals surface area contributed by atoms with Gasteiger partial charge in [-0.2, -0.15) is 5.10 Å². The van der Waals surface area contributed by atoms with Gasteiger partial charge in [-0.05, 0) is 62.9 Å². The number of ether oxygens (including phenoxy) is 2. The highest BCUT2D eigenvalue weighted by Crippen LogP contribution is 2.32. The number of carbonyl (C=O) groups excluding carboxylic acids is 1. The predicted molar refractivity (Wildman–Crippen MR) is 172 cm³/mol. The summed E-state index contributed by atoms with van der Waals surface area (Å²) in [6.45, 7) is 15.0. The summed E-state index contributed by atoms with van der Waals surface area (Å²) < 4.78 is 13.5. The minimum Gasteiger partial charge on any atom is -0.491 e. The highest BCUT2D eigenvalue weighted by molar-refractivity contribution is 5.86. The molecule has 0 radical (unpaired) electrons. The van der Waals surface area contributed by atoms with Gasteiger partial charge in [-0.1, -0.05) is 81.8 Å². The van der Waals surface area contributed by atoms with Crippen LogP contribution in [0.4, 0.5) is 4.79 Å². The number of aliphatic hydroxyl groups excluding tert-OH is 1. The van der Waals surface area contributed by atoms with Crippen molar-refractivity contribution in [3.05, 3.63) is 90.2 Å². The van der Waals surface area contributed by atoms with Crippen molar-refractivity contribution in [1.82, 2.24) is 15.1 Å². The van der Waals surface area contributed by atoms with Gasteiger partial charge in [-0.15, -0.1) is 0 Å². The van der Waals surface area contributed by atoms with Crippen LogP contribution in [0.3, 0.4) is 0 Å². The molecule has 0 aliphatic carbocycles. The van der Waals surface area contributed by atoms with Crippen molar-refractivity contribution in [2.24, 2.45) is 0 Å². The first kappa shape index (κ1) is 32.7. The van der Waals surface area contributed by atoms with Crippen LogP contribution >= 0.6 is 0 Å². The van der Waals surface area contributed by atoms with Crippen LogP contribution in [0.15, 0.2) is 78.9 Å². The fourth-order valence-electron chi connectivity index (χ4n) is 4.50. The Kier molecular flexibility index (Phi) is 12.9. The van der Waals surface area contributed by atoms with Gasteiger partial charge in [0.2, 0.25) is 0 Å². The summed E-state index contributed by atoms with van der Waals surface area (Å²) in [6.07, 6.45) is 9.89. The Balaban J connectivity index is 1.69.